The van der Waals surface area contributed by atoms with Crippen LogP contribution >= 0.6 is 0 Å². The van der Waals surface area contributed by atoms with E-state index in [9.17, 15) is 14.4 Å². The molecule has 1 unspecified atom stereocenters. The topological polar surface area (TPSA) is 78.9 Å². The molecule has 0 aliphatic carbocycles. The number of unbranched alkanes of at least 4 members (excludes halogenated alkanes) is 24. The van der Waals surface area contributed by atoms with Gasteiger partial charge in [-0.1, -0.05) is 308 Å². The van der Waals surface area contributed by atoms with Crippen LogP contribution in [0.5, 0.6) is 0 Å². The van der Waals surface area contributed by atoms with E-state index >= 15 is 0 Å². The summed E-state index contributed by atoms with van der Waals surface area (Å²) in [6, 6.07) is 0. The fourth-order valence-corrected chi connectivity index (χ4v) is 8.79. The van der Waals surface area contributed by atoms with Crippen molar-refractivity contribution in [3.63, 3.8) is 0 Å². The normalized spacial score (nSPS) is 13.1. The third-order valence-electron chi connectivity index (χ3n) is 13.6. The maximum absolute atomic E-state index is 12.8. The highest BCUT2D eigenvalue weighted by Gasteiger charge is 2.19. The van der Waals surface area contributed by atoms with Crippen molar-refractivity contribution in [2.45, 2.75) is 290 Å². The third kappa shape index (κ3) is 64.1. The van der Waals surface area contributed by atoms with Crippen LogP contribution in [-0.2, 0) is 28.6 Å². The largest absolute Gasteiger partial charge is 0.462 e. The molecule has 0 N–H and O–H groups in total. The minimum absolute atomic E-state index is 0.0943. The first-order valence-electron chi connectivity index (χ1n) is 32.8. The molecular weight excluding hydrogens is 985 g/mol. The number of esters is 3. The van der Waals surface area contributed by atoms with Gasteiger partial charge in [0, 0.05) is 12.8 Å². The number of hydrogen-bond donors (Lipinski definition) is 0. The van der Waals surface area contributed by atoms with Gasteiger partial charge in [0.15, 0.2) is 6.10 Å². The fraction of sp³-hybridized carbons (Fsp3) is 0.635. The predicted octanol–water partition coefficient (Wildman–Crippen LogP) is 22.7. The minimum atomic E-state index is -0.835. The van der Waals surface area contributed by atoms with Crippen molar-refractivity contribution in [3.05, 3.63) is 146 Å². The lowest BCUT2D eigenvalue weighted by Crippen LogP contribution is -2.30. The van der Waals surface area contributed by atoms with Gasteiger partial charge in [0.2, 0.25) is 0 Å². The second-order valence-electron chi connectivity index (χ2n) is 21.3. The van der Waals surface area contributed by atoms with Crippen molar-refractivity contribution < 1.29 is 28.6 Å². The second kappa shape index (κ2) is 66.8. The Kier molecular flexibility index (Phi) is 62.9. The monoisotopic (exact) mass is 1100 g/mol. The summed E-state index contributed by atoms with van der Waals surface area (Å²) in [7, 11) is 0. The number of rotatable bonds is 58. The number of allylic oxidation sites excluding steroid dienone is 23. The summed E-state index contributed by atoms with van der Waals surface area (Å²) >= 11 is 0. The molecule has 0 aromatic carbocycles. The molecule has 0 radical (unpaired) electrons. The molecular formula is C74H120O6. The van der Waals surface area contributed by atoms with Crippen LogP contribution in [0.4, 0.5) is 0 Å². The summed E-state index contributed by atoms with van der Waals surface area (Å²) in [4.78, 5) is 38.2. The van der Waals surface area contributed by atoms with Crippen molar-refractivity contribution in [1.29, 1.82) is 0 Å². The molecule has 80 heavy (non-hydrogen) atoms. The van der Waals surface area contributed by atoms with E-state index in [1.807, 2.05) is 6.08 Å². The highest BCUT2D eigenvalue weighted by Crippen LogP contribution is 2.16. The van der Waals surface area contributed by atoms with Gasteiger partial charge in [-0.05, 0) is 103 Å². The van der Waals surface area contributed by atoms with Gasteiger partial charge in [-0.2, -0.15) is 0 Å². The van der Waals surface area contributed by atoms with E-state index in [4.69, 9.17) is 14.2 Å². The molecule has 1 atom stereocenters. The summed E-state index contributed by atoms with van der Waals surface area (Å²) in [5, 5.41) is 0. The Morgan fingerprint density at radius 1 is 0.275 bits per heavy atom. The Labute approximate surface area is 493 Å². The predicted molar refractivity (Wildman–Crippen MR) is 348 cm³/mol. The van der Waals surface area contributed by atoms with E-state index in [2.05, 4.69) is 154 Å². The van der Waals surface area contributed by atoms with Crippen molar-refractivity contribution in [2.75, 3.05) is 13.2 Å². The zero-order valence-electron chi connectivity index (χ0n) is 51.8. The molecule has 0 saturated heterocycles. The standard InChI is InChI=1S/C74H120O6/c1-4-7-10-13-16-19-22-25-27-28-29-30-31-32-33-34-35-36-37-38-39-40-41-42-43-44-45-46-48-49-52-55-58-61-64-67-73(76)79-70-71(69-78-72(75)66-63-60-57-54-51-24-21-18-15-12-9-6-3)80-74(77)68-65-62-59-56-53-50-47-26-23-20-17-14-11-8-5-2/h7-8,10-11,16-17,19-20,25-27,29-30,32-33,35-36,38-39,47,53,56,62,65,71H,4-6,9,12-15,18,21-24,28,31,34,37,40-46,48-52,54-55,57-61,63-64,66-70H2,1-3H3/b10-7-,11-8-,19-16-,20-17-,27-25-,30-29-,33-32-,36-35-,39-38-,47-26-,56-53-,65-62-. The van der Waals surface area contributed by atoms with Gasteiger partial charge in [0.1, 0.15) is 13.2 Å². The molecule has 0 amide bonds. The Morgan fingerprint density at radius 3 is 0.825 bits per heavy atom. The van der Waals surface area contributed by atoms with E-state index in [1.165, 1.54) is 128 Å². The summed E-state index contributed by atoms with van der Waals surface area (Å²) in [5.74, 6) is -1.05. The van der Waals surface area contributed by atoms with Gasteiger partial charge in [-0.25, -0.2) is 0 Å². The lowest BCUT2D eigenvalue weighted by atomic mass is 10.0. The number of carbonyl (C=O) groups excluding carboxylic acids is 3. The molecule has 0 aromatic heterocycles. The molecule has 452 valence electrons. The highest BCUT2D eigenvalue weighted by atomic mass is 16.6. The quantitative estimate of drug-likeness (QED) is 0.0261. The third-order valence-corrected chi connectivity index (χ3v) is 13.6. The molecule has 0 fully saturated rings. The number of carbonyl (C=O) groups is 3. The van der Waals surface area contributed by atoms with Gasteiger partial charge in [0.25, 0.3) is 0 Å². The van der Waals surface area contributed by atoms with E-state index < -0.39 is 12.1 Å². The number of ether oxygens (including phenoxy) is 3. The van der Waals surface area contributed by atoms with E-state index in [0.29, 0.717) is 12.8 Å². The van der Waals surface area contributed by atoms with Crippen LogP contribution in [0.3, 0.4) is 0 Å². The van der Waals surface area contributed by atoms with Crippen LogP contribution < -0.4 is 0 Å². The first kappa shape index (κ1) is 75.3. The van der Waals surface area contributed by atoms with Gasteiger partial charge < -0.3 is 14.2 Å². The van der Waals surface area contributed by atoms with Gasteiger partial charge in [-0.3, -0.25) is 14.4 Å². The molecule has 6 nitrogen and oxygen atoms in total. The summed E-state index contributed by atoms with van der Waals surface area (Å²) in [5.41, 5.74) is 0. The summed E-state index contributed by atoms with van der Waals surface area (Å²) < 4.78 is 16.8. The average Bonchev–Trinajstić information content (AvgIpc) is 3.46. The van der Waals surface area contributed by atoms with Crippen LogP contribution in [0.25, 0.3) is 0 Å². The molecule has 6 heteroatoms. The van der Waals surface area contributed by atoms with E-state index in [-0.39, 0.29) is 31.6 Å². The van der Waals surface area contributed by atoms with Gasteiger partial charge in [0.05, 0.1) is 6.42 Å². The molecule has 0 rings (SSSR count). The van der Waals surface area contributed by atoms with Crippen LogP contribution in [0, 0.1) is 0 Å². The zero-order valence-corrected chi connectivity index (χ0v) is 51.8. The van der Waals surface area contributed by atoms with Crippen molar-refractivity contribution in [3.8, 4) is 0 Å². The maximum atomic E-state index is 12.8. The fourth-order valence-electron chi connectivity index (χ4n) is 8.79. The average molecular weight is 1110 g/mol. The van der Waals surface area contributed by atoms with Gasteiger partial charge in [-0.15, -0.1) is 0 Å². The van der Waals surface area contributed by atoms with Crippen molar-refractivity contribution in [1.82, 2.24) is 0 Å². The van der Waals surface area contributed by atoms with Crippen LogP contribution in [0.2, 0.25) is 0 Å². The minimum Gasteiger partial charge on any atom is -0.462 e. The van der Waals surface area contributed by atoms with Gasteiger partial charge >= 0.3 is 17.9 Å². The Hall–Kier alpha value is -4.71. The van der Waals surface area contributed by atoms with Crippen LogP contribution in [-0.4, -0.2) is 37.2 Å². The van der Waals surface area contributed by atoms with Crippen LogP contribution in [0.15, 0.2) is 146 Å². The first-order chi connectivity index (χ1) is 39.5. The van der Waals surface area contributed by atoms with Crippen LogP contribution in [0.1, 0.15) is 284 Å². The zero-order chi connectivity index (χ0) is 57.8. The molecule has 0 heterocycles. The second-order valence-corrected chi connectivity index (χ2v) is 21.3. The van der Waals surface area contributed by atoms with Crippen molar-refractivity contribution >= 4 is 17.9 Å². The summed E-state index contributed by atoms with van der Waals surface area (Å²) in [6.07, 6.45) is 96.1. The Balaban J connectivity index is 4.23. The maximum Gasteiger partial charge on any atom is 0.310 e. The van der Waals surface area contributed by atoms with E-state index in [0.717, 1.165) is 116 Å². The highest BCUT2D eigenvalue weighted by molar-refractivity contribution is 5.72. The molecule has 0 spiro atoms. The molecule has 0 bridgehead atoms. The number of hydrogen-bond acceptors (Lipinski definition) is 6. The lowest BCUT2D eigenvalue weighted by Gasteiger charge is -2.18. The summed E-state index contributed by atoms with van der Waals surface area (Å²) in [6.45, 7) is 6.33. The Bertz CT molecular complexity index is 1750. The van der Waals surface area contributed by atoms with Crippen molar-refractivity contribution in [2.24, 2.45) is 0 Å². The SMILES string of the molecule is CC/C=C\C/C=C\C/C=C\C/C=C\C/C=C\C/C=C\C/C=C\CCCCCCCCCCCCCCCC(=O)OCC(COC(=O)CCCCCCCCCCCCCC)OC(=O)C/C=C\C/C=C\C/C=C\C/C=C\C/C=C\CC. The first-order valence-corrected chi connectivity index (χ1v) is 32.8. The molecule has 0 aliphatic heterocycles. The van der Waals surface area contributed by atoms with E-state index in [1.54, 1.807) is 6.08 Å². The molecule has 0 aliphatic rings. The molecule has 0 saturated carbocycles. The lowest BCUT2D eigenvalue weighted by molar-refractivity contribution is -0.166. The molecule has 0 aromatic rings. The Morgan fingerprint density at radius 2 is 0.525 bits per heavy atom. The smallest absolute Gasteiger partial charge is 0.310 e.